The molecule has 0 heteroatoms. The zero-order valence-corrected chi connectivity index (χ0v) is 13.5. The van der Waals surface area contributed by atoms with Crippen LogP contribution in [-0.4, -0.2) is 0 Å². The van der Waals surface area contributed by atoms with Gasteiger partial charge in [-0.25, -0.2) is 0 Å². The maximum absolute atomic E-state index is 2.61. The first-order chi connectivity index (χ1) is 9.55. The first kappa shape index (κ1) is 13.2. The largest absolute Gasteiger partial charge is 0.0834 e. The van der Waals surface area contributed by atoms with Crippen molar-refractivity contribution in [2.75, 3.05) is 0 Å². The molecule has 0 aliphatic heterocycles. The molecule has 4 rings (SSSR count). The van der Waals surface area contributed by atoms with Gasteiger partial charge in [-0.1, -0.05) is 43.6 Å². The van der Waals surface area contributed by atoms with Crippen LogP contribution in [0.4, 0.5) is 0 Å². The molecule has 110 valence electrons. The van der Waals surface area contributed by atoms with Crippen LogP contribution < -0.4 is 0 Å². The van der Waals surface area contributed by atoms with Gasteiger partial charge in [-0.05, 0) is 80.5 Å². The van der Waals surface area contributed by atoms with Crippen LogP contribution in [-0.2, 0) is 0 Å². The molecule has 0 aromatic heterocycles. The van der Waals surface area contributed by atoms with Crippen molar-refractivity contribution in [2.45, 2.75) is 72.1 Å². The quantitative estimate of drug-likeness (QED) is 0.514. The van der Waals surface area contributed by atoms with Gasteiger partial charge < -0.3 is 0 Å². The molecule has 0 aromatic rings. The fraction of sp³-hybridized carbons (Fsp3) is 0.800. The van der Waals surface area contributed by atoms with E-state index in [2.05, 4.69) is 32.9 Å². The summed E-state index contributed by atoms with van der Waals surface area (Å²) in [5.41, 5.74) is 4.63. The Morgan fingerprint density at radius 1 is 1.05 bits per heavy atom. The van der Waals surface area contributed by atoms with Crippen molar-refractivity contribution in [3.8, 4) is 0 Å². The van der Waals surface area contributed by atoms with E-state index < -0.39 is 0 Å². The second-order valence-electron chi connectivity index (χ2n) is 8.69. The lowest BCUT2D eigenvalue weighted by Crippen LogP contribution is -2.48. The molecule has 0 nitrogen and oxygen atoms in total. The van der Waals surface area contributed by atoms with Crippen LogP contribution in [0.2, 0.25) is 0 Å². The number of fused-ring (bicyclic) bond motifs is 5. The summed E-state index contributed by atoms with van der Waals surface area (Å²) in [5, 5.41) is 0. The van der Waals surface area contributed by atoms with Crippen LogP contribution in [0.15, 0.2) is 23.3 Å². The topological polar surface area (TPSA) is 0 Å². The molecule has 0 aromatic carbocycles. The molecule has 0 radical (unpaired) electrons. The minimum atomic E-state index is 0.506. The average Bonchev–Trinajstić information content (AvgIpc) is 2.80. The monoisotopic (exact) mass is 270 g/mol. The lowest BCUT2D eigenvalue weighted by atomic mass is 9.47. The van der Waals surface area contributed by atoms with E-state index in [0.717, 1.165) is 17.8 Å². The lowest BCUT2D eigenvalue weighted by molar-refractivity contribution is -0.0304. The summed E-state index contributed by atoms with van der Waals surface area (Å²) in [7, 11) is 0. The standard InChI is InChI=1S/C20H30/c1-14-6-4-12-20(3)16(14)9-8-15-17-7-5-11-19(17,2)13-10-18(15)20/h4,6,15,17-18H,5,7-13H2,1-3H3/t15-,17-,18-,19-,20-/m0/s1. The van der Waals surface area contributed by atoms with Crippen molar-refractivity contribution in [1.82, 2.24) is 0 Å². The third-order valence-corrected chi connectivity index (χ3v) is 7.84. The highest BCUT2D eigenvalue weighted by atomic mass is 14.6. The van der Waals surface area contributed by atoms with Crippen LogP contribution >= 0.6 is 0 Å². The van der Waals surface area contributed by atoms with E-state index >= 15 is 0 Å². The third kappa shape index (κ3) is 1.60. The van der Waals surface area contributed by atoms with E-state index in [1.165, 1.54) is 51.4 Å². The zero-order valence-electron chi connectivity index (χ0n) is 13.5. The predicted molar refractivity (Wildman–Crippen MR) is 85.5 cm³/mol. The van der Waals surface area contributed by atoms with Crippen LogP contribution in [0.3, 0.4) is 0 Å². The molecule has 5 atom stereocenters. The highest BCUT2D eigenvalue weighted by Gasteiger charge is 2.55. The highest BCUT2D eigenvalue weighted by molar-refractivity contribution is 5.36. The second kappa shape index (κ2) is 4.24. The van der Waals surface area contributed by atoms with E-state index in [4.69, 9.17) is 0 Å². The van der Waals surface area contributed by atoms with Gasteiger partial charge in [-0.15, -0.1) is 0 Å². The normalized spacial score (nSPS) is 50.6. The molecule has 3 saturated carbocycles. The van der Waals surface area contributed by atoms with Crippen molar-refractivity contribution in [2.24, 2.45) is 28.6 Å². The van der Waals surface area contributed by atoms with Gasteiger partial charge in [0.25, 0.3) is 0 Å². The van der Waals surface area contributed by atoms with Gasteiger partial charge in [0.1, 0.15) is 0 Å². The minimum Gasteiger partial charge on any atom is -0.0834 e. The Balaban J connectivity index is 1.72. The Morgan fingerprint density at radius 3 is 2.75 bits per heavy atom. The molecule has 0 spiro atoms. The average molecular weight is 270 g/mol. The predicted octanol–water partition coefficient (Wildman–Crippen LogP) is 5.90. The van der Waals surface area contributed by atoms with Crippen molar-refractivity contribution in [3.05, 3.63) is 23.3 Å². The summed E-state index contributed by atoms with van der Waals surface area (Å²) in [5.74, 6) is 3.05. The number of allylic oxidation sites excluding steroid dienone is 4. The van der Waals surface area contributed by atoms with Gasteiger partial charge in [0.15, 0.2) is 0 Å². The molecule has 0 bridgehead atoms. The molecule has 0 unspecified atom stereocenters. The molecular formula is C20H30. The highest BCUT2D eigenvalue weighted by Crippen LogP contribution is 2.65. The second-order valence-corrected chi connectivity index (χ2v) is 8.69. The number of hydrogen-bond donors (Lipinski definition) is 0. The molecule has 0 saturated heterocycles. The van der Waals surface area contributed by atoms with Crippen molar-refractivity contribution in [3.63, 3.8) is 0 Å². The molecule has 0 amide bonds. The molecule has 20 heavy (non-hydrogen) atoms. The summed E-state index contributed by atoms with van der Waals surface area (Å²) >= 11 is 0. The van der Waals surface area contributed by atoms with E-state index in [9.17, 15) is 0 Å². The molecule has 4 aliphatic rings. The van der Waals surface area contributed by atoms with Gasteiger partial charge >= 0.3 is 0 Å². The van der Waals surface area contributed by atoms with Crippen LogP contribution in [0, 0.1) is 28.6 Å². The van der Waals surface area contributed by atoms with Gasteiger partial charge in [0, 0.05) is 0 Å². The smallest absolute Gasteiger partial charge is 0.00451 e. The van der Waals surface area contributed by atoms with Crippen LogP contribution in [0.1, 0.15) is 72.1 Å². The maximum Gasteiger partial charge on any atom is -0.00451 e. The Morgan fingerprint density at radius 2 is 1.90 bits per heavy atom. The molecule has 4 aliphatic carbocycles. The summed E-state index contributed by atoms with van der Waals surface area (Å²) < 4.78 is 0. The van der Waals surface area contributed by atoms with Crippen molar-refractivity contribution >= 4 is 0 Å². The minimum absolute atomic E-state index is 0.506. The fourth-order valence-electron chi connectivity index (χ4n) is 6.80. The van der Waals surface area contributed by atoms with Crippen LogP contribution in [0.5, 0.6) is 0 Å². The summed E-state index contributed by atoms with van der Waals surface area (Å²) in [6.45, 7) is 7.57. The molecule has 3 fully saturated rings. The summed E-state index contributed by atoms with van der Waals surface area (Å²) in [6, 6.07) is 0. The third-order valence-electron chi connectivity index (χ3n) is 7.84. The van der Waals surface area contributed by atoms with Gasteiger partial charge in [-0.2, -0.15) is 0 Å². The maximum atomic E-state index is 2.61. The SMILES string of the molecule is CC1=C2CC[C@H]3[C@@H]4CCC[C@@]4(C)CC[C@@H]3[C@@]2(C)CC=C1. The Labute approximate surface area is 124 Å². The molecule has 0 heterocycles. The van der Waals surface area contributed by atoms with Crippen LogP contribution in [0.25, 0.3) is 0 Å². The first-order valence-electron chi connectivity index (χ1n) is 8.91. The summed E-state index contributed by atoms with van der Waals surface area (Å²) in [4.78, 5) is 0. The van der Waals surface area contributed by atoms with Gasteiger partial charge in [0.2, 0.25) is 0 Å². The Bertz CT molecular complexity index is 482. The van der Waals surface area contributed by atoms with Crippen molar-refractivity contribution < 1.29 is 0 Å². The van der Waals surface area contributed by atoms with Gasteiger partial charge in [0.05, 0.1) is 0 Å². The number of rotatable bonds is 0. The lowest BCUT2D eigenvalue weighted by Gasteiger charge is -2.57. The van der Waals surface area contributed by atoms with Gasteiger partial charge in [-0.3, -0.25) is 0 Å². The molecular weight excluding hydrogens is 240 g/mol. The summed E-state index contributed by atoms with van der Waals surface area (Å²) in [6.07, 6.45) is 16.6. The molecule has 0 N–H and O–H groups in total. The number of hydrogen-bond acceptors (Lipinski definition) is 0. The van der Waals surface area contributed by atoms with E-state index in [1.807, 2.05) is 5.57 Å². The first-order valence-corrected chi connectivity index (χ1v) is 8.91. The Hall–Kier alpha value is -0.520. The zero-order chi connectivity index (χ0) is 14.0. The van der Waals surface area contributed by atoms with Crippen molar-refractivity contribution in [1.29, 1.82) is 0 Å². The fourth-order valence-corrected chi connectivity index (χ4v) is 6.80. The van der Waals surface area contributed by atoms with E-state index in [-0.39, 0.29) is 0 Å². The van der Waals surface area contributed by atoms with E-state index in [0.29, 0.717) is 10.8 Å². The Kier molecular flexibility index (Phi) is 2.79. The van der Waals surface area contributed by atoms with E-state index in [1.54, 1.807) is 5.57 Å².